The number of hydrogen-bond donors (Lipinski definition) is 3. The van der Waals surface area contributed by atoms with Crippen molar-refractivity contribution in [1.82, 2.24) is 0 Å². The molecule has 2 aromatic carbocycles. The van der Waals surface area contributed by atoms with Crippen LogP contribution in [0.3, 0.4) is 0 Å². The Morgan fingerprint density at radius 3 is 2.47 bits per heavy atom. The van der Waals surface area contributed by atoms with E-state index < -0.39 is 0 Å². The minimum atomic E-state index is 0.691. The molecule has 0 amide bonds. The predicted molar refractivity (Wildman–Crippen MR) is 70.5 cm³/mol. The molecule has 0 aliphatic heterocycles. The third-order valence-electron chi connectivity index (χ3n) is 3.05. The SMILES string of the molecule is NN=C1c2cc(N)ccc2-c2c(N)cccc21. The topological polar surface area (TPSA) is 90.4 Å². The Balaban J connectivity index is 2.42. The fourth-order valence-corrected chi connectivity index (χ4v) is 2.33. The normalized spacial score (nSPS) is 14.7. The Morgan fingerprint density at radius 1 is 0.882 bits per heavy atom. The minimum absolute atomic E-state index is 0.691. The van der Waals surface area contributed by atoms with Gasteiger partial charge in [-0.05, 0) is 23.8 Å². The number of benzene rings is 2. The van der Waals surface area contributed by atoms with Crippen molar-refractivity contribution in [2.45, 2.75) is 0 Å². The fraction of sp³-hybridized carbons (Fsp3) is 0. The molecule has 84 valence electrons. The van der Waals surface area contributed by atoms with Crippen molar-refractivity contribution in [2.24, 2.45) is 10.9 Å². The highest BCUT2D eigenvalue weighted by molar-refractivity contribution is 6.26. The minimum Gasteiger partial charge on any atom is -0.399 e. The van der Waals surface area contributed by atoms with Crippen molar-refractivity contribution >= 4 is 17.1 Å². The van der Waals surface area contributed by atoms with Crippen LogP contribution < -0.4 is 17.3 Å². The zero-order chi connectivity index (χ0) is 12.0. The van der Waals surface area contributed by atoms with Gasteiger partial charge in [-0.15, -0.1) is 0 Å². The quantitative estimate of drug-likeness (QED) is 0.307. The number of hydrogen-bond acceptors (Lipinski definition) is 4. The van der Waals surface area contributed by atoms with Gasteiger partial charge in [-0.3, -0.25) is 0 Å². The first-order valence-electron chi connectivity index (χ1n) is 5.29. The average molecular weight is 224 g/mol. The van der Waals surface area contributed by atoms with Crippen LogP contribution in [0.2, 0.25) is 0 Å². The zero-order valence-electron chi connectivity index (χ0n) is 9.14. The monoisotopic (exact) mass is 224 g/mol. The van der Waals surface area contributed by atoms with Gasteiger partial charge in [-0.1, -0.05) is 18.2 Å². The molecule has 0 saturated heterocycles. The average Bonchev–Trinajstić information content (AvgIpc) is 2.63. The summed E-state index contributed by atoms with van der Waals surface area (Å²) >= 11 is 0. The van der Waals surface area contributed by atoms with E-state index in [1.54, 1.807) is 0 Å². The largest absolute Gasteiger partial charge is 0.399 e. The van der Waals surface area contributed by atoms with E-state index in [2.05, 4.69) is 5.10 Å². The van der Waals surface area contributed by atoms with Gasteiger partial charge in [0.2, 0.25) is 0 Å². The first-order chi connectivity index (χ1) is 8.22. The molecule has 4 heteroatoms. The van der Waals surface area contributed by atoms with Gasteiger partial charge in [0.15, 0.2) is 0 Å². The number of rotatable bonds is 0. The molecule has 0 heterocycles. The van der Waals surface area contributed by atoms with E-state index in [0.29, 0.717) is 5.69 Å². The van der Waals surface area contributed by atoms with Crippen LogP contribution in [0, 0.1) is 0 Å². The van der Waals surface area contributed by atoms with Gasteiger partial charge in [-0.2, -0.15) is 5.10 Å². The van der Waals surface area contributed by atoms with Crippen LogP contribution in [0.15, 0.2) is 41.5 Å². The zero-order valence-corrected chi connectivity index (χ0v) is 9.14. The van der Waals surface area contributed by atoms with Crippen LogP contribution in [0.5, 0.6) is 0 Å². The summed E-state index contributed by atoms with van der Waals surface area (Å²) in [5.41, 5.74) is 17.9. The molecule has 0 aromatic heterocycles. The van der Waals surface area contributed by atoms with Crippen molar-refractivity contribution in [1.29, 1.82) is 0 Å². The van der Waals surface area contributed by atoms with Crippen molar-refractivity contribution in [3.8, 4) is 11.1 Å². The molecular formula is C13H12N4. The molecule has 0 unspecified atom stereocenters. The predicted octanol–water partition coefficient (Wildman–Crippen LogP) is 1.54. The highest BCUT2D eigenvalue weighted by Gasteiger charge is 2.26. The number of hydrazone groups is 1. The van der Waals surface area contributed by atoms with E-state index in [4.69, 9.17) is 17.3 Å². The van der Waals surface area contributed by atoms with Crippen LogP contribution >= 0.6 is 0 Å². The first-order valence-corrected chi connectivity index (χ1v) is 5.29. The summed E-state index contributed by atoms with van der Waals surface area (Å²) in [6.45, 7) is 0. The molecule has 0 radical (unpaired) electrons. The molecule has 2 aromatic rings. The molecule has 1 aliphatic carbocycles. The molecule has 3 rings (SSSR count). The van der Waals surface area contributed by atoms with E-state index in [1.807, 2.05) is 36.4 Å². The summed E-state index contributed by atoms with van der Waals surface area (Å²) in [5.74, 6) is 5.47. The maximum Gasteiger partial charge on any atom is 0.0985 e. The molecule has 0 spiro atoms. The Kier molecular flexibility index (Phi) is 1.86. The molecule has 17 heavy (non-hydrogen) atoms. The fourth-order valence-electron chi connectivity index (χ4n) is 2.33. The highest BCUT2D eigenvalue weighted by atomic mass is 15.1. The third-order valence-corrected chi connectivity index (χ3v) is 3.05. The number of nitrogens with two attached hydrogens (primary N) is 3. The van der Waals surface area contributed by atoms with Gasteiger partial charge >= 0.3 is 0 Å². The van der Waals surface area contributed by atoms with Gasteiger partial charge < -0.3 is 17.3 Å². The summed E-state index contributed by atoms with van der Waals surface area (Å²) in [6, 6.07) is 11.4. The number of anilines is 2. The molecule has 1 aliphatic rings. The lowest BCUT2D eigenvalue weighted by atomic mass is 10.0. The second-order valence-corrected chi connectivity index (χ2v) is 4.05. The third kappa shape index (κ3) is 1.21. The van der Waals surface area contributed by atoms with Crippen LogP contribution in [0.1, 0.15) is 11.1 Å². The van der Waals surface area contributed by atoms with E-state index in [9.17, 15) is 0 Å². The molecule has 0 bridgehead atoms. The van der Waals surface area contributed by atoms with Crippen molar-refractivity contribution in [3.05, 3.63) is 47.5 Å². The van der Waals surface area contributed by atoms with Gasteiger partial charge in [0.1, 0.15) is 0 Å². The Morgan fingerprint density at radius 2 is 1.71 bits per heavy atom. The summed E-state index contributed by atoms with van der Waals surface area (Å²) in [5, 5.41) is 3.86. The van der Waals surface area contributed by atoms with Crippen molar-refractivity contribution in [2.75, 3.05) is 11.5 Å². The van der Waals surface area contributed by atoms with E-state index in [0.717, 1.165) is 33.7 Å². The number of nitrogen functional groups attached to an aromatic ring is 2. The van der Waals surface area contributed by atoms with E-state index in [1.165, 1.54) is 0 Å². The molecule has 0 fully saturated rings. The lowest BCUT2D eigenvalue weighted by Crippen LogP contribution is -2.02. The van der Waals surface area contributed by atoms with Crippen LogP contribution in [-0.2, 0) is 0 Å². The van der Waals surface area contributed by atoms with Gasteiger partial charge in [0.25, 0.3) is 0 Å². The lowest BCUT2D eigenvalue weighted by molar-refractivity contribution is 1.25. The number of fused-ring (bicyclic) bond motifs is 3. The highest BCUT2D eigenvalue weighted by Crippen LogP contribution is 2.41. The van der Waals surface area contributed by atoms with Gasteiger partial charge in [0.05, 0.1) is 5.71 Å². The van der Waals surface area contributed by atoms with E-state index in [-0.39, 0.29) is 0 Å². The first kappa shape index (κ1) is 9.72. The van der Waals surface area contributed by atoms with Gasteiger partial charge in [-0.25, -0.2) is 0 Å². The summed E-state index contributed by atoms with van der Waals surface area (Å²) in [6.07, 6.45) is 0. The molecule has 4 nitrogen and oxygen atoms in total. The molecule has 6 N–H and O–H groups in total. The number of nitrogens with zero attached hydrogens (tertiary/aromatic N) is 1. The Hall–Kier alpha value is -2.49. The second-order valence-electron chi connectivity index (χ2n) is 4.05. The Bertz CT molecular complexity index is 644. The summed E-state index contributed by atoms with van der Waals surface area (Å²) < 4.78 is 0. The maximum absolute atomic E-state index is 6.01. The van der Waals surface area contributed by atoms with Gasteiger partial charge in [0, 0.05) is 28.1 Å². The maximum atomic E-state index is 6.01. The second kappa shape index (κ2) is 3.25. The Labute approximate surface area is 98.7 Å². The van der Waals surface area contributed by atoms with Crippen molar-refractivity contribution < 1.29 is 0 Å². The molecule has 0 saturated carbocycles. The van der Waals surface area contributed by atoms with Crippen LogP contribution in [-0.4, -0.2) is 5.71 Å². The van der Waals surface area contributed by atoms with Crippen molar-refractivity contribution in [3.63, 3.8) is 0 Å². The summed E-state index contributed by atoms with van der Waals surface area (Å²) in [4.78, 5) is 0. The smallest absolute Gasteiger partial charge is 0.0985 e. The lowest BCUT2D eigenvalue weighted by Gasteiger charge is -2.03. The van der Waals surface area contributed by atoms with Crippen LogP contribution in [0.25, 0.3) is 11.1 Å². The van der Waals surface area contributed by atoms with Crippen LogP contribution in [0.4, 0.5) is 11.4 Å². The van der Waals surface area contributed by atoms with E-state index >= 15 is 0 Å². The summed E-state index contributed by atoms with van der Waals surface area (Å²) in [7, 11) is 0. The standard InChI is InChI=1S/C13H12N4/c14-7-4-5-8-10(6-7)13(17-16)9-2-1-3-11(15)12(8)9/h1-6H,14-16H2. The molecule has 0 atom stereocenters. The molecular weight excluding hydrogens is 212 g/mol.